The number of pyridine rings is 1. The first-order valence-electron chi connectivity index (χ1n) is 9.20. The molecule has 2 aromatic heterocycles. The number of hydrogen-bond acceptors (Lipinski definition) is 2. The Kier molecular flexibility index (Phi) is 3.44. The van der Waals surface area contributed by atoms with E-state index in [0.717, 1.165) is 38.8 Å². The number of furan rings is 1. The summed E-state index contributed by atoms with van der Waals surface area (Å²) in [5.41, 5.74) is 8.71. The molecule has 2 heterocycles. The fourth-order valence-corrected chi connectivity index (χ4v) is 3.84. The lowest BCUT2D eigenvalue weighted by Gasteiger charge is -2.11. The molecule has 3 nitrogen and oxygen atoms in total. The van der Waals surface area contributed by atoms with Gasteiger partial charge in [-0.15, -0.1) is 0 Å². The standard InChI is InChI=1S/C24H20N2O/c1-15-12-13-17(14-16(15)2)25-22-18-8-4-6-10-20(18)26(3)23-19-9-5-7-11-21(19)27-24(22)23/h4-14H,1-3H3/p+1. The maximum absolute atomic E-state index is 6.32. The van der Waals surface area contributed by atoms with E-state index >= 15 is 0 Å². The van der Waals surface area contributed by atoms with Crippen LogP contribution in [0, 0.1) is 13.8 Å². The van der Waals surface area contributed by atoms with Gasteiger partial charge in [-0.05, 0) is 55.3 Å². The van der Waals surface area contributed by atoms with Gasteiger partial charge < -0.3 is 9.73 Å². The zero-order chi connectivity index (χ0) is 18.5. The second-order valence-corrected chi connectivity index (χ2v) is 7.15. The minimum absolute atomic E-state index is 0.885. The Balaban J connectivity index is 1.88. The van der Waals surface area contributed by atoms with Crippen molar-refractivity contribution in [2.75, 3.05) is 5.32 Å². The predicted molar refractivity (Wildman–Crippen MR) is 112 cm³/mol. The lowest BCUT2D eigenvalue weighted by Crippen LogP contribution is -2.30. The van der Waals surface area contributed by atoms with Gasteiger partial charge in [-0.2, -0.15) is 4.57 Å². The van der Waals surface area contributed by atoms with Crippen LogP contribution in [0.25, 0.3) is 33.0 Å². The molecule has 0 aliphatic carbocycles. The number of nitrogens with zero attached hydrogens (tertiary/aromatic N) is 1. The average Bonchev–Trinajstić information content (AvgIpc) is 3.07. The average molecular weight is 353 g/mol. The van der Waals surface area contributed by atoms with Crippen LogP contribution in [-0.2, 0) is 7.05 Å². The van der Waals surface area contributed by atoms with E-state index in [9.17, 15) is 0 Å². The van der Waals surface area contributed by atoms with Crippen LogP contribution < -0.4 is 9.88 Å². The lowest BCUT2D eigenvalue weighted by atomic mass is 10.1. The zero-order valence-corrected chi connectivity index (χ0v) is 15.7. The Hall–Kier alpha value is -3.33. The van der Waals surface area contributed by atoms with Crippen molar-refractivity contribution in [2.45, 2.75) is 13.8 Å². The van der Waals surface area contributed by atoms with Crippen molar-refractivity contribution in [1.82, 2.24) is 0 Å². The van der Waals surface area contributed by atoms with Crippen LogP contribution in [0.4, 0.5) is 11.4 Å². The number of nitrogens with one attached hydrogen (secondary N) is 1. The Morgan fingerprint density at radius 3 is 2.37 bits per heavy atom. The zero-order valence-electron chi connectivity index (χ0n) is 15.7. The van der Waals surface area contributed by atoms with Crippen LogP contribution >= 0.6 is 0 Å². The summed E-state index contributed by atoms with van der Waals surface area (Å²) >= 11 is 0. The highest BCUT2D eigenvalue weighted by Gasteiger charge is 2.24. The molecule has 0 saturated carbocycles. The van der Waals surface area contributed by atoms with Crippen molar-refractivity contribution in [3.63, 3.8) is 0 Å². The predicted octanol–water partition coefficient (Wildman–Crippen LogP) is 5.92. The first-order chi connectivity index (χ1) is 13.1. The molecule has 0 bridgehead atoms. The van der Waals surface area contributed by atoms with Gasteiger partial charge in [0.2, 0.25) is 11.1 Å². The summed E-state index contributed by atoms with van der Waals surface area (Å²) in [6, 6.07) is 23.1. The molecule has 132 valence electrons. The molecule has 0 unspecified atom stereocenters. The number of hydrogen-bond donors (Lipinski definition) is 1. The summed E-state index contributed by atoms with van der Waals surface area (Å²) in [7, 11) is 2.10. The number of benzene rings is 3. The Bertz CT molecular complexity index is 1330. The summed E-state index contributed by atoms with van der Waals surface area (Å²) in [4.78, 5) is 0. The maximum Gasteiger partial charge on any atom is 0.261 e. The molecule has 27 heavy (non-hydrogen) atoms. The SMILES string of the molecule is Cc1ccc(Nc2c3ccccc3[n+](C)c3c2oc2ccccc23)cc1C. The summed E-state index contributed by atoms with van der Waals surface area (Å²) in [5, 5.41) is 5.91. The smallest absolute Gasteiger partial charge is 0.261 e. The molecule has 5 aromatic rings. The van der Waals surface area contributed by atoms with Crippen LogP contribution in [0.3, 0.4) is 0 Å². The van der Waals surface area contributed by atoms with Gasteiger partial charge in [-0.1, -0.05) is 30.3 Å². The van der Waals surface area contributed by atoms with E-state index in [-0.39, 0.29) is 0 Å². The van der Waals surface area contributed by atoms with E-state index in [1.54, 1.807) is 0 Å². The van der Waals surface area contributed by atoms with Crippen molar-refractivity contribution >= 4 is 44.3 Å². The van der Waals surface area contributed by atoms with Gasteiger partial charge in [-0.25, -0.2) is 0 Å². The van der Waals surface area contributed by atoms with E-state index in [0.29, 0.717) is 0 Å². The van der Waals surface area contributed by atoms with E-state index in [4.69, 9.17) is 4.42 Å². The monoisotopic (exact) mass is 353 g/mol. The molecular weight excluding hydrogens is 332 g/mol. The van der Waals surface area contributed by atoms with E-state index in [1.807, 2.05) is 12.1 Å². The highest BCUT2D eigenvalue weighted by atomic mass is 16.3. The molecule has 3 heteroatoms. The summed E-state index contributed by atoms with van der Waals surface area (Å²) in [5.74, 6) is 0. The third-order valence-electron chi connectivity index (χ3n) is 5.44. The van der Waals surface area contributed by atoms with E-state index in [1.165, 1.54) is 16.6 Å². The van der Waals surface area contributed by atoms with Gasteiger partial charge in [0.15, 0.2) is 0 Å². The van der Waals surface area contributed by atoms with Crippen LogP contribution in [0.2, 0.25) is 0 Å². The number of rotatable bonds is 2. The molecule has 0 atom stereocenters. The van der Waals surface area contributed by atoms with Crippen LogP contribution in [0.15, 0.2) is 71.1 Å². The minimum atomic E-state index is 0.885. The van der Waals surface area contributed by atoms with Crippen molar-refractivity contribution in [3.05, 3.63) is 77.9 Å². The largest absolute Gasteiger partial charge is 0.447 e. The fourth-order valence-electron chi connectivity index (χ4n) is 3.84. The first kappa shape index (κ1) is 15.9. The van der Waals surface area contributed by atoms with Crippen molar-refractivity contribution in [1.29, 1.82) is 0 Å². The highest BCUT2D eigenvalue weighted by Crippen LogP contribution is 2.37. The van der Waals surface area contributed by atoms with Crippen molar-refractivity contribution < 1.29 is 8.98 Å². The summed E-state index contributed by atoms with van der Waals surface area (Å²) < 4.78 is 8.54. The second-order valence-electron chi connectivity index (χ2n) is 7.15. The third-order valence-corrected chi connectivity index (χ3v) is 5.44. The fraction of sp³-hybridized carbons (Fsp3) is 0.125. The number of aromatic nitrogens is 1. The third kappa shape index (κ3) is 2.39. The number of anilines is 2. The van der Waals surface area contributed by atoms with Gasteiger partial charge in [-0.3, -0.25) is 0 Å². The molecule has 0 aliphatic rings. The molecule has 0 amide bonds. The summed E-state index contributed by atoms with van der Waals surface area (Å²) in [6.07, 6.45) is 0. The Morgan fingerprint density at radius 1 is 0.815 bits per heavy atom. The van der Waals surface area contributed by atoms with Gasteiger partial charge >= 0.3 is 0 Å². The normalized spacial score (nSPS) is 11.5. The van der Waals surface area contributed by atoms with Gasteiger partial charge in [0.1, 0.15) is 18.3 Å². The van der Waals surface area contributed by atoms with Gasteiger partial charge in [0, 0.05) is 11.8 Å². The molecule has 0 fully saturated rings. The minimum Gasteiger partial charge on any atom is -0.447 e. The topological polar surface area (TPSA) is 29.1 Å². The van der Waals surface area contributed by atoms with Crippen LogP contribution in [0.1, 0.15) is 11.1 Å². The molecule has 3 aromatic carbocycles. The molecule has 0 radical (unpaired) electrons. The molecule has 0 spiro atoms. The number of para-hydroxylation sites is 2. The molecular formula is C24H21N2O+. The molecule has 0 saturated heterocycles. The molecule has 5 rings (SSSR count). The molecule has 0 aliphatic heterocycles. The number of fused-ring (bicyclic) bond motifs is 4. The van der Waals surface area contributed by atoms with Crippen LogP contribution in [0.5, 0.6) is 0 Å². The van der Waals surface area contributed by atoms with E-state index in [2.05, 4.69) is 85.4 Å². The number of aryl methyl sites for hydroxylation is 3. The van der Waals surface area contributed by atoms with Crippen molar-refractivity contribution in [2.24, 2.45) is 7.05 Å². The maximum atomic E-state index is 6.32. The van der Waals surface area contributed by atoms with E-state index < -0.39 is 0 Å². The Labute approximate surface area is 157 Å². The summed E-state index contributed by atoms with van der Waals surface area (Å²) in [6.45, 7) is 4.27. The van der Waals surface area contributed by atoms with Gasteiger partial charge in [0.05, 0.1) is 10.8 Å². The highest BCUT2D eigenvalue weighted by molar-refractivity contribution is 6.11. The lowest BCUT2D eigenvalue weighted by molar-refractivity contribution is -0.616. The quantitative estimate of drug-likeness (QED) is 0.399. The first-order valence-corrected chi connectivity index (χ1v) is 9.20. The van der Waals surface area contributed by atoms with Crippen molar-refractivity contribution in [3.8, 4) is 0 Å². The van der Waals surface area contributed by atoms with Gasteiger partial charge in [0.25, 0.3) is 5.52 Å². The Morgan fingerprint density at radius 2 is 1.56 bits per heavy atom. The molecule has 1 N–H and O–H groups in total. The van der Waals surface area contributed by atoms with Crippen LogP contribution in [-0.4, -0.2) is 0 Å². The second kappa shape index (κ2) is 5.85.